The van der Waals surface area contributed by atoms with Crippen LogP contribution in [0.4, 0.5) is 0 Å². The van der Waals surface area contributed by atoms with Gasteiger partial charge in [-0.2, -0.15) is 0 Å². The zero-order valence-corrected chi connectivity index (χ0v) is 10.3. The van der Waals surface area contributed by atoms with Crippen molar-refractivity contribution in [1.82, 2.24) is 4.98 Å². The van der Waals surface area contributed by atoms with Crippen LogP contribution >= 0.6 is 0 Å². The van der Waals surface area contributed by atoms with Crippen LogP contribution in [-0.2, 0) is 11.2 Å². The van der Waals surface area contributed by atoms with Gasteiger partial charge in [0.25, 0.3) is 0 Å². The average Bonchev–Trinajstić information content (AvgIpc) is 2.45. The first-order valence-corrected chi connectivity index (χ1v) is 6.32. The number of allylic oxidation sites excluding steroid dienone is 1. The zero-order valence-electron chi connectivity index (χ0n) is 10.3. The summed E-state index contributed by atoms with van der Waals surface area (Å²) < 4.78 is 0. The molecular formula is C17H11NO. The Balaban J connectivity index is 2.12. The molecular weight excluding hydrogens is 234 g/mol. The Kier molecular flexibility index (Phi) is 2.06. The third kappa shape index (κ3) is 1.57. The van der Waals surface area contributed by atoms with Crippen LogP contribution in [0.25, 0.3) is 27.8 Å². The van der Waals surface area contributed by atoms with Crippen molar-refractivity contribution in [3.63, 3.8) is 0 Å². The normalized spacial score (nSPS) is 14.0. The molecule has 1 aromatic heterocycles. The first kappa shape index (κ1) is 10.4. The smallest absolute Gasteiger partial charge is 0.160 e. The van der Waals surface area contributed by atoms with E-state index in [-0.39, 0.29) is 5.78 Å². The van der Waals surface area contributed by atoms with E-state index in [1.807, 2.05) is 24.4 Å². The molecule has 0 radical (unpaired) electrons. The highest BCUT2D eigenvalue weighted by Gasteiger charge is 2.12. The minimum absolute atomic E-state index is 0.175. The van der Waals surface area contributed by atoms with Crippen LogP contribution in [0.2, 0.25) is 0 Å². The summed E-state index contributed by atoms with van der Waals surface area (Å²) in [7, 11) is 0. The van der Waals surface area contributed by atoms with Gasteiger partial charge in [-0.05, 0) is 46.2 Å². The van der Waals surface area contributed by atoms with Gasteiger partial charge in [-0.15, -0.1) is 0 Å². The molecule has 0 amide bonds. The molecule has 0 atom stereocenters. The van der Waals surface area contributed by atoms with Gasteiger partial charge in [0.05, 0.1) is 5.52 Å². The number of hydrogen-bond donors (Lipinski definition) is 0. The number of benzene rings is 2. The predicted molar refractivity (Wildman–Crippen MR) is 77.0 cm³/mol. The maximum atomic E-state index is 11.5. The summed E-state index contributed by atoms with van der Waals surface area (Å²) >= 11 is 0. The number of pyridine rings is 1. The molecule has 0 fully saturated rings. The standard InChI is InChI=1S/C17H11NO/c19-14-5-3-11-10-16-12(8-13(11)9-14)4-6-17-15(16)2-1-7-18-17/h1-8,10H,9H2. The second kappa shape index (κ2) is 3.75. The SMILES string of the molecule is O=C1C=Cc2cc3c(ccc4ncccc43)cc2C1. The molecule has 1 aliphatic carbocycles. The second-order valence-corrected chi connectivity index (χ2v) is 4.88. The van der Waals surface area contributed by atoms with E-state index in [0.717, 1.165) is 22.0 Å². The quantitative estimate of drug-likeness (QED) is 0.567. The highest BCUT2D eigenvalue weighted by molar-refractivity contribution is 6.08. The van der Waals surface area contributed by atoms with Crippen LogP contribution in [0.1, 0.15) is 11.1 Å². The van der Waals surface area contributed by atoms with Crippen LogP contribution in [0.15, 0.2) is 48.7 Å². The number of hydrogen-bond acceptors (Lipinski definition) is 2. The van der Waals surface area contributed by atoms with Crippen molar-refractivity contribution < 1.29 is 4.79 Å². The summed E-state index contributed by atoms with van der Waals surface area (Å²) in [6.45, 7) is 0. The molecule has 0 aliphatic heterocycles. The number of carbonyl (C=O) groups is 1. The Bertz CT molecular complexity index is 862. The molecule has 90 valence electrons. The zero-order chi connectivity index (χ0) is 12.8. The lowest BCUT2D eigenvalue weighted by Crippen LogP contribution is -2.05. The van der Waals surface area contributed by atoms with Gasteiger partial charge >= 0.3 is 0 Å². The van der Waals surface area contributed by atoms with Crippen LogP contribution < -0.4 is 0 Å². The molecule has 0 spiro atoms. The predicted octanol–water partition coefficient (Wildman–Crippen LogP) is 3.53. The lowest BCUT2D eigenvalue weighted by molar-refractivity contribution is -0.114. The van der Waals surface area contributed by atoms with Gasteiger partial charge in [0, 0.05) is 18.0 Å². The maximum Gasteiger partial charge on any atom is 0.160 e. The van der Waals surface area contributed by atoms with Crippen molar-refractivity contribution in [1.29, 1.82) is 0 Å². The van der Waals surface area contributed by atoms with E-state index in [0.29, 0.717) is 6.42 Å². The largest absolute Gasteiger partial charge is 0.294 e. The molecule has 2 aromatic carbocycles. The Morgan fingerprint density at radius 3 is 2.89 bits per heavy atom. The second-order valence-electron chi connectivity index (χ2n) is 4.88. The lowest BCUT2D eigenvalue weighted by Gasteiger charge is -2.12. The van der Waals surface area contributed by atoms with Crippen molar-refractivity contribution in [2.45, 2.75) is 6.42 Å². The summed E-state index contributed by atoms with van der Waals surface area (Å²) in [5, 5.41) is 3.53. The van der Waals surface area contributed by atoms with Crippen molar-refractivity contribution in [2.24, 2.45) is 0 Å². The summed E-state index contributed by atoms with van der Waals surface area (Å²) in [6, 6.07) is 12.4. The fourth-order valence-electron chi connectivity index (χ4n) is 2.74. The minimum atomic E-state index is 0.175. The van der Waals surface area contributed by atoms with Crippen molar-refractivity contribution in [3.8, 4) is 0 Å². The van der Waals surface area contributed by atoms with Crippen LogP contribution in [0.3, 0.4) is 0 Å². The number of carbonyl (C=O) groups excluding carboxylic acids is 1. The van der Waals surface area contributed by atoms with Gasteiger partial charge in [-0.3, -0.25) is 9.78 Å². The van der Waals surface area contributed by atoms with E-state index in [2.05, 4.69) is 29.2 Å². The molecule has 0 saturated carbocycles. The van der Waals surface area contributed by atoms with Gasteiger partial charge in [0.1, 0.15) is 0 Å². The topological polar surface area (TPSA) is 30.0 Å². The molecule has 2 heteroatoms. The summed E-state index contributed by atoms with van der Waals surface area (Å²) in [5.74, 6) is 0.175. The third-order valence-electron chi connectivity index (χ3n) is 3.67. The summed E-state index contributed by atoms with van der Waals surface area (Å²) in [4.78, 5) is 15.9. The van der Waals surface area contributed by atoms with Crippen molar-refractivity contribution >= 4 is 33.5 Å². The van der Waals surface area contributed by atoms with Crippen LogP contribution in [-0.4, -0.2) is 10.8 Å². The van der Waals surface area contributed by atoms with Gasteiger partial charge < -0.3 is 0 Å². The van der Waals surface area contributed by atoms with Gasteiger partial charge in [-0.25, -0.2) is 0 Å². The molecule has 0 unspecified atom stereocenters. The number of rotatable bonds is 0. The number of ketones is 1. The van der Waals surface area contributed by atoms with Crippen molar-refractivity contribution in [3.05, 3.63) is 59.8 Å². The van der Waals surface area contributed by atoms with Crippen LogP contribution in [0.5, 0.6) is 0 Å². The van der Waals surface area contributed by atoms with Gasteiger partial charge in [0.15, 0.2) is 5.78 Å². The van der Waals surface area contributed by atoms with E-state index in [4.69, 9.17) is 0 Å². The molecule has 0 N–H and O–H groups in total. The first-order chi connectivity index (χ1) is 9.31. The number of nitrogens with zero attached hydrogens (tertiary/aromatic N) is 1. The number of aromatic nitrogens is 1. The third-order valence-corrected chi connectivity index (χ3v) is 3.67. The fourth-order valence-corrected chi connectivity index (χ4v) is 2.74. The molecule has 1 aliphatic rings. The van der Waals surface area contributed by atoms with Crippen molar-refractivity contribution in [2.75, 3.05) is 0 Å². The molecule has 19 heavy (non-hydrogen) atoms. The minimum Gasteiger partial charge on any atom is -0.294 e. The average molecular weight is 245 g/mol. The van der Waals surface area contributed by atoms with Crippen LogP contribution in [0, 0.1) is 0 Å². The lowest BCUT2D eigenvalue weighted by atomic mass is 9.92. The monoisotopic (exact) mass is 245 g/mol. The molecule has 1 heterocycles. The highest BCUT2D eigenvalue weighted by atomic mass is 16.1. The Labute approximate surface area is 110 Å². The van der Waals surface area contributed by atoms with Gasteiger partial charge in [0.2, 0.25) is 0 Å². The molecule has 3 aromatic rings. The Hall–Kier alpha value is -2.48. The Morgan fingerprint density at radius 1 is 1.00 bits per heavy atom. The van der Waals surface area contributed by atoms with E-state index in [1.165, 1.54) is 10.8 Å². The molecule has 0 saturated heterocycles. The maximum absolute atomic E-state index is 11.5. The first-order valence-electron chi connectivity index (χ1n) is 6.32. The highest BCUT2D eigenvalue weighted by Crippen LogP contribution is 2.29. The Morgan fingerprint density at radius 2 is 1.95 bits per heavy atom. The summed E-state index contributed by atoms with van der Waals surface area (Å²) in [5.41, 5.74) is 3.26. The summed E-state index contributed by atoms with van der Waals surface area (Å²) in [6.07, 6.45) is 5.89. The van der Waals surface area contributed by atoms with E-state index < -0.39 is 0 Å². The molecule has 2 nitrogen and oxygen atoms in total. The van der Waals surface area contributed by atoms with E-state index in [1.54, 1.807) is 6.08 Å². The molecule has 4 rings (SSSR count). The fraction of sp³-hybridized carbons (Fsp3) is 0.0588. The molecule has 0 bridgehead atoms. The van der Waals surface area contributed by atoms with E-state index >= 15 is 0 Å². The number of fused-ring (bicyclic) bond motifs is 4. The van der Waals surface area contributed by atoms with Gasteiger partial charge in [-0.1, -0.05) is 24.3 Å². The van der Waals surface area contributed by atoms with E-state index in [9.17, 15) is 4.79 Å².